The minimum atomic E-state index is -0.704. The third-order valence-corrected chi connectivity index (χ3v) is 2.04. The largest absolute Gasteiger partial charge is 0.341 e. The summed E-state index contributed by atoms with van der Waals surface area (Å²) in [7, 11) is 0. The minimum Gasteiger partial charge on any atom is -0.341 e. The molecule has 1 atom stereocenters. The molecule has 0 aliphatic carbocycles. The van der Waals surface area contributed by atoms with Gasteiger partial charge in [0, 0.05) is 0 Å². The number of halogens is 1. The number of pyridine rings is 1. The molecule has 0 aromatic carbocycles. The van der Waals surface area contributed by atoms with Crippen LogP contribution < -0.4 is 5.32 Å². The number of aromatic amines is 1. The number of nitrogens with zero attached hydrogens (tertiary/aromatic N) is 4. The van der Waals surface area contributed by atoms with Crippen molar-refractivity contribution in [2.75, 3.05) is 0 Å². The predicted molar refractivity (Wildman–Crippen MR) is 54.3 cm³/mol. The zero-order valence-corrected chi connectivity index (χ0v) is 8.88. The van der Waals surface area contributed by atoms with Crippen molar-refractivity contribution in [3.05, 3.63) is 35.7 Å². The SMILES string of the molecule is CC(NC(=O)c1cccc(F)n1)c1nn[nH]n1. The van der Waals surface area contributed by atoms with Gasteiger partial charge in [-0.15, -0.1) is 10.2 Å². The molecular weight excluding hydrogens is 227 g/mol. The van der Waals surface area contributed by atoms with Gasteiger partial charge in [-0.1, -0.05) is 11.3 Å². The summed E-state index contributed by atoms with van der Waals surface area (Å²) in [5, 5.41) is 15.7. The van der Waals surface area contributed by atoms with E-state index in [9.17, 15) is 9.18 Å². The van der Waals surface area contributed by atoms with Crippen LogP contribution in [-0.4, -0.2) is 31.5 Å². The molecule has 0 saturated carbocycles. The van der Waals surface area contributed by atoms with Crippen molar-refractivity contribution in [1.29, 1.82) is 0 Å². The van der Waals surface area contributed by atoms with Crippen LogP contribution in [0.2, 0.25) is 0 Å². The predicted octanol–water partition coefficient (Wildman–Crippen LogP) is 0.225. The number of amides is 1. The van der Waals surface area contributed by atoms with Gasteiger partial charge in [0.1, 0.15) is 5.69 Å². The summed E-state index contributed by atoms with van der Waals surface area (Å²) in [4.78, 5) is 15.1. The van der Waals surface area contributed by atoms with Gasteiger partial charge < -0.3 is 5.32 Å². The highest BCUT2D eigenvalue weighted by Gasteiger charge is 2.15. The molecule has 0 bridgehead atoms. The Morgan fingerprint density at radius 3 is 3.00 bits per heavy atom. The normalized spacial score (nSPS) is 12.1. The highest BCUT2D eigenvalue weighted by molar-refractivity contribution is 5.92. The van der Waals surface area contributed by atoms with Crippen molar-refractivity contribution in [2.45, 2.75) is 13.0 Å². The molecule has 2 N–H and O–H groups in total. The lowest BCUT2D eigenvalue weighted by Gasteiger charge is -2.08. The van der Waals surface area contributed by atoms with E-state index in [-0.39, 0.29) is 5.69 Å². The first-order chi connectivity index (χ1) is 8.16. The first kappa shape index (κ1) is 11.1. The third-order valence-electron chi connectivity index (χ3n) is 2.04. The molecule has 1 unspecified atom stereocenters. The zero-order valence-electron chi connectivity index (χ0n) is 8.88. The second-order valence-corrected chi connectivity index (χ2v) is 3.31. The van der Waals surface area contributed by atoms with Gasteiger partial charge in [0.2, 0.25) is 5.95 Å². The Balaban J connectivity index is 2.07. The van der Waals surface area contributed by atoms with Crippen LogP contribution in [0.25, 0.3) is 0 Å². The Morgan fingerprint density at radius 2 is 2.35 bits per heavy atom. The van der Waals surface area contributed by atoms with E-state index in [0.29, 0.717) is 5.82 Å². The van der Waals surface area contributed by atoms with Crippen LogP contribution in [0, 0.1) is 5.95 Å². The van der Waals surface area contributed by atoms with Crippen molar-refractivity contribution in [1.82, 2.24) is 30.9 Å². The molecule has 2 heterocycles. The molecule has 88 valence electrons. The Bertz CT molecular complexity index is 514. The fourth-order valence-corrected chi connectivity index (χ4v) is 1.22. The number of hydrogen-bond acceptors (Lipinski definition) is 5. The van der Waals surface area contributed by atoms with Crippen LogP contribution in [0.4, 0.5) is 4.39 Å². The molecule has 1 amide bonds. The summed E-state index contributed by atoms with van der Waals surface area (Å²) in [6, 6.07) is 3.56. The third kappa shape index (κ3) is 2.60. The van der Waals surface area contributed by atoms with Crippen LogP contribution >= 0.6 is 0 Å². The lowest BCUT2D eigenvalue weighted by molar-refractivity contribution is 0.0932. The number of tetrazole rings is 1. The molecule has 0 spiro atoms. The van der Waals surface area contributed by atoms with Gasteiger partial charge >= 0.3 is 0 Å². The number of hydrogen-bond donors (Lipinski definition) is 2. The van der Waals surface area contributed by atoms with Crippen molar-refractivity contribution in [2.24, 2.45) is 0 Å². The van der Waals surface area contributed by atoms with E-state index in [1.807, 2.05) is 0 Å². The standard InChI is InChI=1S/C9H9FN6O/c1-5(8-13-15-16-14-8)11-9(17)6-3-2-4-7(10)12-6/h2-5H,1H3,(H,11,17)(H,13,14,15,16). The van der Waals surface area contributed by atoms with Gasteiger partial charge in [0.05, 0.1) is 6.04 Å². The van der Waals surface area contributed by atoms with Crippen LogP contribution in [0.1, 0.15) is 29.3 Å². The van der Waals surface area contributed by atoms with Gasteiger partial charge in [0.15, 0.2) is 5.82 Å². The van der Waals surface area contributed by atoms with Crippen LogP contribution in [0.15, 0.2) is 18.2 Å². The smallest absolute Gasteiger partial charge is 0.270 e. The molecule has 2 rings (SSSR count). The Hall–Kier alpha value is -2.38. The lowest BCUT2D eigenvalue weighted by Crippen LogP contribution is -2.28. The second kappa shape index (κ2) is 4.64. The summed E-state index contributed by atoms with van der Waals surface area (Å²) in [5.74, 6) is -0.860. The molecule has 0 fully saturated rings. The van der Waals surface area contributed by atoms with Gasteiger partial charge in [-0.2, -0.15) is 9.60 Å². The Kier molecular flexibility index (Phi) is 3.03. The summed E-state index contributed by atoms with van der Waals surface area (Å²) >= 11 is 0. The fourth-order valence-electron chi connectivity index (χ4n) is 1.22. The van der Waals surface area contributed by atoms with Crippen LogP contribution in [-0.2, 0) is 0 Å². The van der Waals surface area contributed by atoms with E-state index >= 15 is 0 Å². The molecule has 17 heavy (non-hydrogen) atoms. The molecule has 8 heteroatoms. The highest BCUT2D eigenvalue weighted by Crippen LogP contribution is 2.05. The van der Waals surface area contributed by atoms with E-state index in [1.165, 1.54) is 18.2 Å². The quantitative estimate of drug-likeness (QED) is 0.743. The van der Waals surface area contributed by atoms with Crippen molar-refractivity contribution in [3.63, 3.8) is 0 Å². The summed E-state index contributed by atoms with van der Waals surface area (Å²) in [5.41, 5.74) is 0.000319. The zero-order chi connectivity index (χ0) is 12.3. The molecule has 0 aliphatic rings. The maximum Gasteiger partial charge on any atom is 0.270 e. The van der Waals surface area contributed by atoms with E-state index < -0.39 is 17.9 Å². The van der Waals surface area contributed by atoms with Crippen molar-refractivity contribution < 1.29 is 9.18 Å². The van der Waals surface area contributed by atoms with E-state index in [2.05, 4.69) is 30.9 Å². The van der Waals surface area contributed by atoms with Gasteiger partial charge in [-0.3, -0.25) is 4.79 Å². The van der Waals surface area contributed by atoms with E-state index in [0.717, 1.165) is 0 Å². The summed E-state index contributed by atoms with van der Waals surface area (Å²) < 4.78 is 12.8. The number of H-pyrrole nitrogens is 1. The number of aromatic nitrogens is 5. The molecule has 0 radical (unpaired) electrons. The summed E-state index contributed by atoms with van der Waals surface area (Å²) in [6.45, 7) is 1.68. The average molecular weight is 236 g/mol. The average Bonchev–Trinajstić information content (AvgIpc) is 2.82. The van der Waals surface area contributed by atoms with Gasteiger partial charge in [-0.05, 0) is 19.1 Å². The molecule has 0 saturated heterocycles. The van der Waals surface area contributed by atoms with Gasteiger partial charge in [-0.25, -0.2) is 4.98 Å². The van der Waals surface area contributed by atoms with E-state index in [1.54, 1.807) is 6.92 Å². The maximum atomic E-state index is 12.8. The molecule has 2 aromatic rings. The molecule has 2 aromatic heterocycles. The fraction of sp³-hybridized carbons (Fsp3) is 0.222. The maximum absolute atomic E-state index is 12.8. The number of nitrogens with one attached hydrogen (secondary N) is 2. The monoisotopic (exact) mass is 236 g/mol. The number of carbonyl (C=O) groups is 1. The minimum absolute atomic E-state index is 0.000319. The van der Waals surface area contributed by atoms with Crippen molar-refractivity contribution in [3.8, 4) is 0 Å². The lowest BCUT2D eigenvalue weighted by atomic mass is 10.3. The first-order valence-electron chi connectivity index (χ1n) is 4.83. The molecular formula is C9H9FN6O. The molecule has 0 aliphatic heterocycles. The molecule has 7 nitrogen and oxygen atoms in total. The number of carbonyl (C=O) groups excluding carboxylic acids is 1. The second-order valence-electron chi connectivity index (χ2n) is 3.31. The Morgan fingerprint density at radius 1 is 1.53 bits per heavy atom. The number of rotatable bonds is 3. The van der Waals surface area contributed by atoms with Crippen LogP contribution in [0.3, 0.4) is 0 Å². The van der Waals surface area contributed by atoms with Crippen molar-refractivity contribution >= 4 is 5.91 Å². The highest BCUT2D eigenvalue weighted by atomic mass is 19.1. The van der Waals surface area contributed by atoms with Crippen LogP contribution in [0.5, 0.6) is 0 Å². The van der Waals surface area contributed by atoms with E-state index in [4.69, 9.17) is 0 Å². The topological polar surface area (TPSA) is 96.5 Å². The van der Waals surface area contributed by atoms with Gasteiger partial charge in [0.25, 0.3) is 5.91 Å². The Labute approximate surface area is 95.5 Å². The first-order valence-corrected chi connectivity index (χ1v) is 4.83. The summed E-state index contributed by atoms with van der Waals surface area (Å²) in [6.07, 6.45) is 0.